The maximum Gasteiger partial charge on any atom is 0.0728 e. The zero-order valence-corrected chi connectivity index (χ0v) is 8.88. The van der Waals surface area contributed by atoms with Crippen molar-refractivity contribution in [3.8, 4) is 0 Å². The Morgan fingerprint density at radius 3 is 1.82 bits per heavy atom. The quantitative estimate of drug-likeness (QED) is 0.589. The molecule has 2 aromatic carbocycles. The Hall–Kier alpha value is -2.42. The molecular formula is C14H8NO2-. The molecule has 0 spiro atoms. The van der Waals surface area contributed by atoms with E-state index in [0.29, 0.717) is 21.8 Å². The fraction of sp³-hybridized carbons (Fsp3) is 0. The van der Waals surface area contributed by atoms with Gasteiger partial charge < -0.3 is 9.90 Å². The second-order valence-corrected chi connectivity index (χ2v) is 3.81. The summed E-state index contributed by atoms with van der Waals surface area (Å²) in [6, 6.07) is 14.4. The van der Waals surface area contributed by atoms with Crippen LogP contribution >= 0.6 is 0 Å². The third kappa shape index (κ3) is 1.44. The highest BCUT2D eigenvalue weighted by molar-refractivity contribution is 6.12. The molecule has 0 aliphatic rings. The third-order valence-electron chi connectivity index (χ3n) is 2.79. The Kier molecular flexibility index (Phi) is 2.05. The Morgan fingerprint density at radius 1 is 0.882 bits per heavy atom. The number of aromatic nitrogens is 1. The summed E-state index contributed by atoms with van der Waals surface area (Å²) in [4.78, 5) is 15.7. The molecule has 3 rings (SSSR count). The van der Waals surface area contributed by atoms with Gasteiger partial charge in [-0.05, 0) is 12.1 Å². The van der Waals surface area contributed by atoms with Gasteiger partial charge in [0.25, 0.3) is 0 Å². The van der Waals surface area contributed by atoms with Crippen LogP contribution in [0.4, 0.5) is 0 Å². The van der Waals surface area contributed by atoms with Crippen LogP contribution in [0, 0.1) is 0 Å². The van der Waals surface area contributed by atoms with Crippen molar-refractivity contribution in [2.75, 3.05) is 0 Å². The lowest BCUT2D eigenvalue weighted by Gasteiger charge is -2.10. The highest BCUT2D eigenvalue weighted by Gasteiger charge is 2.08. The van der Waals surface area contributed by atoms with E-state index >= 15 is 0 Å². The largest absolute Gasteiger partial charge is 0.545 e. The van der Waals surface area contributed by atoms with Crippen LogP contribution < -0.4 is 5.11 Å². The molecule has 82 valence electrons. The van der Waals surface area contributed by atoms with Crippen molar-refractivity contribution in [2.45, 2.75) is 0 Å². The molecule has 0 N–H and O–H groups in total. The maximum atomic E-state index is 11.3. The topological polar surface area (TPSA) is 53.0 Å². The normalized spacial score (nSPS) is 10.8. The first kappa shape index (κ1) is 9.78. The van der Waals surface area contributed by atoms with E-state index in [0.717, 1.165) is 0 Å². The number of aromatic carboxylic acids is 1. The summed E-state index contributed by atoms with van der Waals surface area (Å²) in [5.74, 6) is -1.17. The molecule has 0 radical (unpaired) electrons. The molecule has 0 amide bonds. The predicted molar refractivity (Wildman–Crippen MR) is 63.6 cm³/mol. The van der Waals surface area contributed by atoms with Crippen LogP contribution in [0.25, 0.3) is 21.8 Å². The highest BCUT2D eigenvalue weighted by atomic mass is 16.4. The monoisotopic (exact) mass is 222 g/mol. The minimum absolute atomic E-state index is 0.214. The number of nitrogens with zero attached hydrogens (tertiary/aromatic N) is 1. The van der Waals surface area contributed by atoms with E-state index in [1.807, 2.05) is 12.1 Å². The van der Waals surface area contributed by atoms with Gasteiger partial charge in [0.2, 0.25) is 0 Å². The number of para-hydroxylation sites is 2. The van der Waals surface area contributed by atoms with Gasteiger partial charge in [0.15, 0.2) is 0 Å². The minimum atomic E-state index is -1.17. The molecule has 3 heteroatoms. The predicted octanol–water partition coefficient (Wildman–Crippen LogP) is 1.75. The number of carboxylic acid groups (broad SMARTS) is 1. The number of hydrogen-bond donors (Lipinski definition) is 0. The lowest BCUT2D eigenvalue weighted by atomic mass is 10.0. The lowest BCUT2D eigenvalue weighted by molar-refractivity contribution is -0.254. The van der Waals surface area contributed by atoms with Crippen molar-refractivity contribution >= 4 is 27.8 Å². The molecule has 0 saturated carbocycles. The second-order valence-electron chi connectivity index (χ2n) is 3.81. The summed E-state index contributed by atoms with van der Waals surface area (Å²) in [7, 11) is 0. The number of benzene rings is 2. The third-order valence-corrected chi connectivity index (χ3v) is 2.79. The van der Waals surface area contributed by atoms with E-state index in [9.17, 15) is 9.90 Å². The standard InChI is InChI=1S/C14H9NO2/c16-14(17)13-9-5-1-3-7-11(9)15-12-8-4-2-6-10(12)13/h1-8H,(H,16,17)/p-1. The van der Waals surface area contributed by atoms with Crippen molar-refractivity contribution < 1.29 is 9.90 Å². The average Bonchev–Trinajstić information content (AvgIpc) is 2.35. The van der Waals surface area contributed by atoms with Crippen molar-refractivity contribution in [3.63, 3.8) is 0 Å². The van der Waals surface area contributed by atoms with Gasteiger partial charge in [-0.1, -0.05) is 36.4 Å². The van der Waals surface area contributed by atoms with E-state index in [-0.39, 0.29) is 5.56 Å². The molecule has 1 heterocycles. The molecule has 17 heavy (non-hydrogen) atoms. The van der Waals surface area contributed by atoms with Crippen LogP contribution in [0.1, 0.15) is 10.4 Å². The van der Waals surface area contributed by atoms with E-state index in [4.69, 9.17) is 0 Å². The van der Waals surface area contributed by atoms with E-state index in [1.165, 1.54) is 0 Å². The smallest absolute Gasteiger partial charge is 0.0728 e. The van der Waals surface area contributed by atoms with Crippen molar-refractivity contribution in [1.29, 1.82) is 0 Å². The number of fused-ring (bicyclic) bond motifs is 2. The minimum Gasteiger partial charge on any atom is -0.545 e. The molecular weight excluding hydrogens is 214 g/mol. The van der Waals surface area contributed by atoms with Gasteiger partial charge in [-0.2, -0.15) is 0 Å². The lowest BCUT2D eigenvalue weighted by Crippen LogP contribution is -2.23. The summed E-state index contributed by atoms with van der Waals surface area (Å²) in [6.07, 6.45) is 0. The zero-order chi connectivity index (χ0) is 11.8. The Bertz CT molecular complexity index is 680. The average molecular weight is 222 g/mol. The van der Waals surface area contributed by atoms with Crippen LogP contribution in [0.15, 0.2) is 48.5 Å². The highest BCUT2D eigenvalue weighted by Crippen LogP contribution is 2.24. The van der Waals surface area contributed by atoms with Gasteiger partial charge in [0.1, 0.15) is 0 Å². The van der Waals surface area contributed by atoms with Gasteiger partial charge >= 0.3 is 0 Å². The Labute approximate surface area is 97.3 Å². The van der Waals surface area contributed by atoms with Crippen LogP contribution in [0.2, 0.25) is 0 Å². The van der Waals surface area contributed by atoms with Gasteiger partial charge in [-0.25, -0.2) is 4.98 Å². The van der Waals surface area contributed by atoms with Crippen molar-refractivity contribution in [2.24, 2.45) is 0 Å². The first-order valence-electron chi connectivity index (χ1n) is 5.26. The number of carbonyl (C=O) groups excluding carboxylic acids is 1. The molecule has 0 fully saturated rings. The molecule has 0 saturated heterocycles. The van der Waals surface area contributed by atoms with Crippen LogP contribution in [0.3, 0.4) is 0 Å². The summed E-state index contributed by atoms with van der Waals surface area (Å²) < 4.78 is 0. The Morgan fingerprint density at radius 2 is 1.35 bits per heavy atom. The molecule has 0 aliphatic carbocycles. The SMILES string of the molecule is O=C([O-])c1c2ccccc2nc2ccccc12. The molecule has 0 atom stereocenters. The summed E-state index contributed by atoms with van der Waals surface area (Å²) in [5.41, 5.74) is 1.56. The number of carboxylic acids is 1. The van der Waals surface area contributed by atoms with E-state index in [2.05, 4.69) is 4.98 Å². The molecule has 0 bridgehead atoms. The number of carbonyl (C=O) groups is 1. The first-order valence-corrected chi connectivity index (χ1v) is 5.26. The van der Waals surface area contributed by atoms with Crippen molar-refractivity contribution in [1.82, 2.24) is 4.98 Å². The number of hydrogen-bond acceptors (Lipinski definition) is 3. The van der Waals surface area contributed by atoms with Crippen LogP contribution in [-0.2, 0) is 0 Å². The fourth-order valence-electron chi connectivity index (χ4n) is 2.06. The van der Waals surface area contributed by atoms with E-state index < -0.39 is 5.97 Å². The molecule has 3 aromatic rings. The maximum absolute atomic E-state index is 11.3. The zero-order valence-electron chi connectivity index (χ0n) is 8.88. The molecule has 0 unspecified atom stereocenters. The molecule has 1 aromatic heterocycles. The van der Waals surface area contributed by atoms with Gasteiger partial charge in [-0.3, -0.25) is 0 Å². The first-order chi connectivity index (χ1) is 8.27. The molecule has 3 nitrogen and oxygen atoms in total. The fourth-order valence-corrected chi connectivity index (χ4v) is 2.06. The number of rotatable bonds is 1. The summed E-state index contributed by atoms with van der Waals surface area (Å²) in [6.45, 7) is 0. The van der Waals surface area contributed by atoms with Gasteiger partial charge in [-0.15, -0.1) is 0 Å². The van der Waals surface area contributed by atoms with E-state index in [1.54, 1.807) is 36.4 Å². The summed E-state index contributed by atoms with van der Waals surface area (Å²) >= 11 is 0. The summed E-state index contributed by atoms with van der Waals surface area (Å²) in [5, 5.41) is 12.5. The number of pyridine rings is 1. The van der Waals surface area contributed by atoms with Gasteiger partial charge in [0, 0.05) is 16.3 Å². The molecule has 0 aliphatic heterocycles. The van der Waals surface area contributed by atoms with Crippen LogP contribution in [0.5, 0.6) is 0 Å². The van der Waals surface area contributed by atoms with Gasteiger partial charge in [0.05, 0.1) is 17.0 Å². The second kappa shape index (κ2) is 3.56. The van der Waals surface area contributed by atoms with Crippen LogP contribution in [-0.4, -0.2) is 11.0 Å². The van der Waals surface area contributed by atoms with Crippen molar-refractivity contribution in [3.05, 3.63) is 54.1 Å². The Balaban J connectivity index is 2.61.